The summed E-state index contributed by atoms with van der Waals surface area (Å²) in [4.78, 5) is 19.3. The number of pyridine rings is 1. The maximum atomic E-state index is 16.4. The highest BCUT2D eigenvalue weighted by atomic mass is 19.1. The minimum Gasteiger partial charge on any atom is -0.496 e. The van der Waals surface area contributed by atoms with Crippen LogP contribution in [-0.2, 0) is 0 Å². The number of aromatic amines is 1. The molecule has 0 spiro atoms. The van der Waals surface area contributed by atoms with Crippen LogP contribution in [0.15, 0.2) is 29.1 Å². The fourth-order valence-corrected chi connectivity index (χ4v) is 5.31. The Morgan fingerprint density at radius 1 is 1.21 bits per heavy atom. The lowest BCUT2D eigenvalue weighted by molar-refractivity contribution is 0.250. The van der Waals surface area contributed by atoms with Gasteiger partial charge in [0.15, 0.2) is 11.2 Å². The Hall–Kier alpha value is -3.37. The lowest BCUT2D eigenvalue weighted by atomic mass is 9.87. The third-order valence-corrected chi connectivity index (χ3v) is 6.96. The third-order valence-electron chi connectivity index (χ3n) is 6.96. The Kier molecular flexibility index (Phi) is 5.13. The van der Waals surface area contributed by atoms with E-state index in [4.69, 9.17) is 4.74 Å². The first-order valence-corrected chi connectivity index (χ1v) is 11.3. The molecule has 1 N–H and O–H groups in total. The average Bonchev–Trinajstić information content (AvgIpc) is 3.18. The summed E-state index contributed by atoms with van der Waals surface area (Å²) in [5.41, 5.74) is 2.40. The zero-order chi connectivity index (χ0) is 23.4. The number of methoxy groups -OCH3 is 1. The summed E-state index contributed by atoms with van der Waals surface area (Å²) in [6, 6.07) is 8.96. The van der Waals surface area contributed by atoms with E-state index < -0.39 is 0 Å². The van der Waals surface area contributed by atoms with E-state index in [0.717, 1.165) is 31.3 Å². The molecule has 2 aromatic carbocycles. The van der Waals surface area contributed by atoms with Gasteiger partial charge in [-0.3, -0.25) is 4.79 Å². The molecule has 170 valence electrons. The van der Waals surface area contributed by atoms with Crippen molar-refractivity contribution >= 4 is 32.8 Å². The van der Waals surface area contributed by atoms with Crippen LogP contribution in [0.1, 0.15) is 49.8 Å². The lowest BCUT2D eigenvalue weighted by Gasteiger charge is -2.31. The first-order chi connectivity index (χ1) is 15.8. The Balaban J connectivity index is 1.92. The van der Waals surface area contributed by atoms with Crippen LogP contribution in [-0.4, -0.2) is 41.7 Å². The summed E-state index contributed by atoms with van der Waals surface area (Å²) in [7, 11) is 3.61. The predicted molar refractivity (Wildman–Crippen MR) is 129 cm³/mol. The minimum atomic E-state index is -0.372. The van der Waals surface area contributed by atoms with Crippen LogP contribution in [0.5, 0.6) is 5.75 Å². The van der Waals surface area contributed by atoms with Crippen molar-refractivity contribution in [2.24, 2.45) is 0 Å². The number of fused-ring (bicyclic) bond motifs is 4. The van der Waals surface area contributed by atoms with Gasteiger partial charge in [0, 0.05) is 22.5 Å². The van der Waals surface area contributed by atoms with Crippen LogP contribution in [0, 0.1) is 17.1 Å². The molecule has 0 radical (unpaired) electrons. The van der Waals surface area contributed by atoms with E-state index in [-0.39, 0.29) is 23.2 Å². The molecular weight excluding hydrogens is 419 g/mol. The quantitative estimate of drug-likeness (QED) is 0.478. The van der Waals surface area contributed by atoms with Crippen LogP contribution in [0.4, 0.5) is 4.39 Å². The molecule has 0 aliphatic carbocycles. The summed E-state index contributed by atoms with van der Waals surface area (Å²) in [5, 5.41) is 10.8. The molecule has 0 unspecified atom stereocenters. The van der Waals surface area contributed by atoms with Crippen molar-refractivity contribution in [3.05, 3.63) is 51.4 Å². The Bertz CT molecular complexity index is 1500. The van der Waals surface area contributed by atoms with E-state index >= 15 is 4.39 Å². The van der Waals surface area contributed by atoms with Crippen molar-refractivity contribution < 1.29 is 9.13 Å². The molecule has 1 fully saturated rings. The number of hydrogen-bond donors (Lipinski definition) is 1. The third kappa shape index (κ3) is 3.20. The molecule has 4 aromatic rings. The molecule has 0 bridgehead atoms. The van der Waals surface area contributed by atoms with Crippen LogP contribution in [0.25, 0.3) is 32.8 Å². The molecule has 0 amide bonds. The highest BCUT2D eigenvalue weighted by molar-refractivity contribution is 6.10. The highest BCUT2D eigenvalue weighted by Crippen LogP contribution is 2.40. The molecule has 1 saturated heterocycles. The van der Waals surface area contributed by atoms with Gasteiger partial charge in [-0.15, -0.1) is 0 Å². The summed E-state index contributed by atoms with van der Waals surface area (Å²) in [6.45, 7) is 5.75. The molecule has 5 rings (SSSR count). The summed E-state index contributed by atoms with van der Waals surface area (Å²) >= 11 is 0. The number of likely N-dealkylation sites (tertiary alicyclic amines) is 1. The lowest BCUT2D eigenvalue weighted by Crippen LogP contribution is -2.30. The number of nitrogens with zero attached hydrogens (tertiary/aromatic N) is 3. The van der Waals surface area contributed by atoms with E-state index in [1.807, 2.05) is 18.4 Å². The molecule has 1 aliphatic rings. The van der Waals surface area contributed by atoms with Crippen LogP contribution in [0.3, 0.4) is 0 Å². The van der Waals surface area contributed by atoms with Gasteiger partial charge < -0.3 is 19.2 Å². The number of hydrogen-bond acceptors (Lipinski definition) is 4. The fourth-order valence-electron chi connectivity index (χ4n) is 5.31. The number of nitriles is 1. The first kappa shape index (κ1) is 21.5. The average molecular weight is 447 g/mol. The van der Waals surface area contributed by atoms with Gasteiger partial charge in [0.2, 0.25) is 0 Å². The largest absolute Gasteiger partial charge is 0.496 e. The zero-order valence-electron chi connectivity index (χ0n) is 19.3. The Morgan fingerprint density at radius 2 is 1.94 bits per heavy atom. The Labute approximate surface area is 191 Å². The van der Waals surface area contributed by atoms with Gasteiger partial charge in [0.05, 0.1) is 35.0 Å². The molecule has 7 heteroatoms. The number of aromatic nitrogens is 2. The SMILES string of the molecule is COc1cc2c(=O)c3c4ccc(C#N)cc4[nH]c3n(C(C)C)c2c(F)c1C1CCN(C)CC1. The summed E-state index contributed by atoms with van der Waals surface area (Å²) < 4.78 is 23.9. The zero-order valence-corrected chi connectivity index (χ0v) is 19.3. The van der Waals surface area contributed by atoms with Crippen LogP contribution in [0.2, 0.25) is 0 Å². The van der Waals surface area contributed by atoms with Gasteiger partial charge >= 0.3 is 0 Å². The number of nitrogens with one attached hydrogen (secondary N) is 1. The number of halogens is 1. The molecular formula is C26H27FN4O2. The van der Waals surface area contributed by atoms with Crippen molar-refractivity contribution in [1.82, 2.24) is 14.5 Å². The van der Waals surface area contributed by atoms with Gasteiger partial charge in [-0.2, -0.15) is 5.26 Å². The molecule has 0 saturated carbocycles. The van der Waals surface area contributed by atoms with Crippen molar-refractivity contribution in [2.75, 3.05) is 27.2 Å². The van der Waals surface area contributed by atoms with Crippen molar-refractivity contribution in [2.45, 2.75) is 38.6 Å². The number of rotatable bonds is 3. The molecule has 6 nitrogen and oxygen atoms in total. The van der Waals surface area contributed by atoms with Gasteiger partial charge in [0.1, 0.15) is 11.4 Å². The first-order valence-electron chi connectivity index (χ1n) is 11.3. The maximum Gasteiger partial charge on any atom is 0.199 e. The summed E-state index contributed by atoms with van der Waals surface area (Å²) in [6.07, 6.45) is 1.68. The maximum absolute atomic E-state index is 16.4. The second kappa shape index (κ2) is 7.89. The van der Waals surface area contributed by atoms with Gasteiger partial charge in [0.25, 0.3) is 0 Å². The number of ether oxygens (including phenoxy) is 1. The van der Waals surface area contributed by atoms with E-state index in [9.17, 15) is 10.1 Å². The smallest absolute Gasteiger partial charge is 0.199 e. The van der Waals surface area contributed by atoms with E-state index in [2.05, 4.69) is 23.0 Å². The highest BCUT2D eigenvalue weighted by Gasteiger charge is 2.29. The molecule has 33 heavy (non-hydrogen) atoms. The molecule has 0 atom stereocenters. The predicted octanol–water partition coefficient (Wildman–Crippen LogP) is 5.05. The topological polar surface area (TPSA) is 74.0 Å². The second-order valence-electron chi connectivity index (χ2n) is 9.29. The number of H-pyrrole nitrogens is 1. The minimum absolute atomic E-state index is 0.0351. The van der Waals surface area contributed by atoms with E-state index in [1.54, 1.807) is 24.3 Å². The molecule has 3 heterocycles. The molecule has 2 aromatic heterocycles. The summed E-state index contributed by atoms with van der Waals surface area (Å²) in [5.74, 6) is 0.101. The van der Waals surface area contributed by atoms with E-state index in [1.165, 1.54) is 7.11 Å². The standard InChI is InChI=1S/C26H27FN4O2/c1-14(2)31-24-18(12-20(33-4)21(23(24)27)16-7-9-30(3)10-8-16)25(32)22-17-6-5-15(13-28)11-19(17)29-26(22)31/h5-6,11-12,14,16,29H,7-10H2,1-4H3. The van der Waals surface area contributed by atoms with Crippen molar-refractivity contribution in [1.29, 1.82) is 5.26 Å². The van der Waals surface area contributed by atoms with Gasteiger partial charge in [-0.05, 0) is 70.9 Å². The monoisotopic (exact) mass is 446 g/mol. The normalized spacial score (nSPS) is 15.7. The van der Waals surface area contributed by atoms with Crippen molar-refractivity contribution in [3.63, 3.8) is 0 Å². The van der Waals surface area contributed by atoms with E-state index in [0.29, 0.717) is 44.3 Å². The van der Waals surface area contributed by atoms with Crippen LogP contribution >= 0.6 is 0 Å². The number of benzene rings is 2. The molecule has 1 aliphatic heterocycles. The fraction of sp³-hybridized carbons (Fsp3) is 0.385. The number of piperidine rings is 1. The van der Waals surface area contributed by atoms with Gasteiger partial charge in [-0.1, -0.05) is 6.07 Å². The Morgan fingerprint density at radius 3 is 2.58 bits per heavy atom. The second-order valence-corrected chi connectivity index (χ2v) is 9.29. The van der Waals surface area contributed by atoms with Gasteiger partial charge in [-0.25, -0.2) is 4.39 Å². The van der Waals surface area contributed by atoms with Crippen LogP contribution < -0.4 is 10.2 Å². The van der Waals surface area contributed by atoms with Crippen molar-refractivity contribution in [3.8, 4) is 11.8 Å².